The molecule has 3 aliphatic carbocycles. The van der Waals surface area contributed by atoms with Gasteiger partial charge in [-0.1, -0.05) is 35.6 Å². The molecule has 16 nitrogen and oxygen atoms in total. The zero-order valence-corrected chi connectivity index (χ0v) is 38.0. The summed E-state index contributed by atoms with van der Waals surface area (Å²) >= 11 is 0. The maximum absolute atomic E-state index is 14.1. The van der Waals surface area contributed by atoms with E-state index in [2.05, 4.69) is 43.8 Å². The summed E-state index contributed by atoms with van der Waals surface area (Å²) in [5.41, 5.74) is 6.34. The molecule has 11 rings (SSSR count). The van der Waals surface area contributed by atoms with Gasteiger partial charge in [0.1, 0.15) is 51.4 Å². The lowest BCUT2D eigenvalue weighted by Gasteiger charge is -2.23. The third kappa shape index (κ3) is 9.29. The summed E-state index contributed by atoms with van der Waals surface area (Å²) < 4.78 is 98.4. The van der Waals surface area contributed by atoms with Gasteiger partial charge in [0.05, 0.1) is 74.0 Å². The minimum absolute atomic E-state index is 0. The van der Waals surface area contributed by atoms with Crippen molar-refractivity contribution in [2.75, 3.05) is 5.73 Å². The smallest absolute Gasteiger partial charge is 0.241 e. The average Bonchev–Trinajstić information content (AvgIpc) is 4.11. The first-order valence-electron chi connectivity index (χ1n) is 20.9. The molecule has 23 heteroatoms. The monoisotopic (exact) mass is 988 g/mol. The highest BCUT2D eigenvalue weighted by Gasteiger charge is 2.55. The van der Waals surface area contributed by atoms with Gasteiger partial charge < -0.3 is 48.6 Å². The Hall–Kier alpha value is -4.35. The van der Waals surface area contributed by atoms with Crippen molar-refractivity contribution < 1.29 is 51.1 Å². The second kappa shape index (κ2) is 19.6. The number of rotatable bonds is 3. The van der Waals surface area contributed by atoms with Crippen LogP contribution in [0.25, 0.3) is 33.1 Å². The van der Waals surface area contributed by atoms with Gasteiger partial charge in [-0.15, -0.1) is 24.8 Å². The third-order valence-corrected chi connectivity index (χ3v) is 13.0. The number of pyridine rings is 3. The maximum Gasteiger partial charge on any atom is 0.241 e. The molecule has 370 valence electrons. The first kappa shape index (κ1) is 53.6. The van der Waals surface area contributed by atoms with Crippen molar-refractivity contribution in [3.8, 4) is 0 Å². The number of nitrogens with two attached hydrogens (primary N) is 1. The van der Waals surface area contributed by atoms with Crippen molar-refractivity contribution in [2.45, 2.75) is 149 Å². The topological polar surface area (TPSA) is 196 Å². The van der Waals surface area contributed by atoms with E-state index in [1.165, 1.54) is 19.0 Å². The highest BCUT2D eigenvalue weighted by Crippen LogP contribution is 2.49. The molecule has 0 amide bonds. The number of aromatic nitrogens is 9. The van der Waals surface area contributed by atoms with Crippen LogP contribution in [0.15, 0.2) is 37.6 Å². The number of nitrogens with zero attached hydrogens (tertiary/aromatic N) is 9. The number of halogens is 7. The Morgan fingerprint density at radius 3 is 1.45 bits per heavy atom. The standard InChI is InChI=1S/2C15H17F2N3O2.C12H15FN4O2.2CH4.2ClH/c1-7-4-9(13-12(7)21-15(2,3)22-13)20-6-19-10-11(20)8(16)5-18-14(10)17;1-7-4-9(13-12(7)21-15(2,3)22-13)20-6-19-10-8(16)5-18-14(17)11(10)20;1-5-2-7(11(19)10(5)18)17-4-16-8-9(17)6(13)3-15-12(8)14;;;;/h2*5-7,9,12-13H,4H2,1-3H3;3-5,7,10-11,18-19H,2H2,1H3,(H2,14,15);2*1H4;2*1H/t2*7-,9+,12+,13-;5-,7+,10+,11-;;;;/m000..../s1. The highest BCUT2D eigenvalue weighted by molar-refractivity contribution is 5.86. The molecule has 5 fully saturated rings. The lowest BCUT2D eigenvalue weighted by atomic mass is 10.1. The molecule has 12 atom stereocenters. The number of hydrogen-bond acceptors (Lipinski definition) is 13. The minimum Gasteiger partial charge on any atom is -0.390 e. The quantitative estimate of drug-likeness (QED) is 0.114. The van der Waals surface area contributed by atoms with Crippen LogP contribution in [-0.4, -0.2) is 102 Å². The molecule has 0 spiro atoms. The largest absolute Gasteiger partial charge is 0.390 e. The van der Waals surface area contributed by atoms with E-state index in [0.717, 1.165) is 31.4 Å². The van der Waals surface area contributed by atoms with E-state index in [-0.39, 0.29) is 133 Å². The molecule has 8 heterocycles. The van der Waals surface area contributed by atoms with Gasteiger partial charge in [0, 0.05) is 0 Å². The molecule has 2 saturated heterocycles. The summed E-state index contributed by atoms with van der Waals surface area (Å²) in [5, 5.41) is 19.9. The molecule has 3 saturated carbocycles. The van der Waals surface area contributed by atoms with E-state index in [9.17, 15) is 32.2 Å². The van der Waals surface area contributed by atoms with Crippen molar-refractivity contribution in [3.05, 3.63) is 66.9 Å². The van der Waals surface area contributed by atoms with Crippen LogP contribution in [0, 0.1) is 47.1 Å². The zero-order chi connectivity index (χ0) is 45.0. The Kier molecular flexibility index (Phi) is 15.7. The first-order chi connectivity index (χ1) is 29.7. The number of imidazole rings is 3. The number of hydrogen-bond donors (Lipinski definition) is 3. The second-order valence-corrected chi connectivity index (χ2v) is 18.3. The number of aliphatic hydroxyl groups excluding tert-OH is 2. The molecular formula is C44H59Cl2F5N10O6. The Labute approximate surface area is 396 Å². The molecule has 5 aliphatic rings. The molecule has 67 heavy (non-hydrogen) atoms. The second-order valence-electron chi connectivity index (χ2n) is 18.3. The van der Waals surface area contributed by atoms with Crippen LogP contribution in [0.2, 0.25) is 0 Å². The van der Waals surface area contributed by atoms with Gasteiger partial charge in [-0.3, -0.25) is 0 Å². The molecule has 6 aromatic heterocycles. The molecule has 0 unspecified atom stereocenters. The van der Waals surface area contributed by atoms with Gasteiger partial charge in [0.15, 0.2) is 34.8 Å². The van der Waals surface area contributed by atoms with E-state index in [1.807, 2.05) is 34.6 Å². The number of nitrogen functional groups attached to an aromatic ring is 1. The van der Waals surface area contributed by atoms with Gasteiger partial charge in [-0.25, -0.2) is 43.1 Å². The summed E-state index contributed by atoms with van der Waals surface area (Å²) in [4.78, 5) is 22.6. The van der Waals surface area contributed by atoms with Crippen LogP contribution in [-0.2, 0) is 18.9 Å². The van der Waals surface area contributed by atoms with Gasteiger partial charge in [0.25, 0.3) is 0 Å². The lowest BCUT2D eigenvalue weighted by molar-refractivity contribution is -0.159. The van der Waals surface area contributed by atoms with Crippen LogP contribution in [0.5, 0.6) is 0 Å². The van der Waals surface area contributed by atoms with Crippen molar-refractivity contribution in [2.24, 2.45) is 17.8 Å². The fourth-order valence-electron chi connectivity index (χ4n) is 10.2. The molecule has 0 bridgehead atoms. The predicted octanol–water partition coefficient (Wildman–Crippen LogP) is 8.19. The Balaban J connectivity index is 0.000000183. The van der Waals surface area contributed by atoms with Crippen LogP contribution in [0.1, 0.15) is 101 Å². The fraction of sp³-hybridized carbons (Fsp3) is 0.591. The molecule has 0 aromatic carbocycles. The van der Waals surface area contributed by atoms with Gasteiger partial charge >= 0.3 is 0 Å². The van der Waals surface area contributed by atoms with Gasteiger partial charge in [-0.2, -0.15) is 8.78 Å². The van der Waals surface area contributed by atoms with E-state index in [1.54, 1.807) is 13.7 Å². The maximum atomic E-state index is 14.1. The zero-order valence-electron chi connectivity index (χ0n) is 36.3. The summed E-state index contributed by atoms with van der Waals surface area (Å²) in [7, 11) is 0. The van der Waals surface area contributed by atoms with Crippen LogP contribution in [0.3, 0.4) is 0 Å². The third-order valence-electron chi connectivity index (χ3n) is 13.0. The normalized spacial score (nSPS) is 30.8. The number of aliphatic hydroxyl groups is 2. The van der Waals surface area contributed by atoms with Gasteiger partial charge in [0.2, 0.25) is 11.9 Å². The highest BCUT2D eigenvalue weighted by atomic mass is 35.5. The Morgan fingerprint density at radius 1 is 0.522 bits per heavy atom. The summed E-state index contributed by atoms with van der Waals surface area (Å²) in [6.45, 7) is 13.5. The van der Waals surface area contributed by atoms with Crippen molar-refractivity contribution in [1.29, 1.82) is 0 Å². The van der Waals surface area contributed by atoms with Gasteiger partial charge in [-0.05, 0) is 64.7 Å². The van der Waals surface area contributed by atoms with E-state index in [4.69, 9.17) is 24.7 Å². The predicted molar refractivity (Wildman–Crippen MR) is 243 cm³/mol. The van der Waals surface area contributed by atoms with Crippen molar-refractivity contribution >= 4 is 63.7 Å². The fourth-order valence-corrected chi connectivity index (χ4v) is 10.2. The molecular weight excluding hydrogens is 930 g/mol. The molecule has 0 radical (unpaired) electrons. The lowest BCUT2D eigenvalue weighted by Crippen LogP contribution is -2.28. The average molecular weight is 990 g/mol. The summed E-state index contributed by atoms with van der Waals surface area (Å²) in [5.74, 6) is -3.93. The molecule has 6 aromatic rings. The van der Waals surface area contributed by atoms with Crippen LogP contribution < -0.4 is 5.73 Å². The van der Waals surface area contributed by atoms with E-state index < -0.39 is 59.2 Å². The summed E-state index contributed by atoms with van der Waals surface area (Å²) in [6, 6.07) is -0.695. The first-order valence-corrected chi connectivity index (χ1v) is 20.9. The van der Waals surface area contributed by atoms with E-state index in [0.29, 0.717) is 6.42 Å². The number of anilines is 1. The number of ether oxygens (including phenoxy) is 4. The summed E-state index contributed by atoms with van der Waals surface area (Å²) in [6.07, 6.45) is 6.96. The Bertz CT molecular complexity index is 2580. The van der Waals surface area contributed by atoms with Crippen LogP contribution >= 0.6 is 24.8 Å². The Morgan fingerprint density at radius 2 is 0.925 bits per heavy atom. The van der Waals surface area contributed by atoms with E-state index >= 15 is 0 Å². The van der Waals surface area contributed by atoms with Crippen molar-refractivity contribution in [1.82, 2.24) is 43.6 Å². The molecule has 2 aliphatic heterocycles. The number of fused-ring (bicyclic) bond motifs is 5. The molecule has 4 N–H and O–H groups in total. The van der Waals surface area contributed by atoms with Crippen LogP contribution in [0.4, 0.5) is 27.8 Å². The minimum atomic E-state index is -0.943. The SMILES string of the molecule is C.C.C[C@H]1C[C@@H](n2cnc3c(F)cnc(F)c32)[C@@H]2OC(C)(C)O[C@@H]21.C[C@H]1C[C@@H](n2cnc3c(F)ncc(F)c32)[C@@H]2OC(C)(C)O[C@@H]21.C[C@H]1C[C@@H](n2cnc3c(N)ncc(F)c32)[C@H](O)[C@@H]1O.Cl.Cl. The van der Waals surface area contributed by atoms with Crippen molar-refractivity contribution in [3.63, 3.8) is 0 Å².